The van der Waals surface area contributed by atoms with E-state index in [1.54, 1.807) is 0 Å². The van der Waals surface area contributed by atoms with Crippen LogP contribution in [0.1, 0.15) is 75.1 Å². The Bertz CT molecular complexity index is 673. The fraction of sp³-hybridized carbons (Fsp3) is 0.545. The molecule has 2 N–H and O–H groups in total. The maximum atomic E-state index is 3.52. The number of hydrogen-bond donors (Lipinski definition) is 2. The molecule has 1 aromatic rings. The molecule has 0 amide bonds. The first-order valence-corrected chi connectivity index (χ1v) is 9.49. The van der Waals surface area contributed by atoms with Crippen molar-refractivity contribution < 1.29 is 0 Å². The molecule has 1 heterocycles. The van der Waals surface area contributed by atoms with Crippen molar-refractivity contribution in [2.75, 3.05) is 13.1 Å². The van der Waals surface area contributed by atoms with Gasteiger partial charge < -0.3 is 10.3 Å². The van der Waals surface area contributed by atoms with Crippen LogP contribution in [0.5, 0.6) is 0 Å². The number of allylic oxidation sites excluding steroid dienone is 1. The zero-order chi connectivity index (χ0) is 16.8. The molecule has 0 saturated heterocycles. The largest absolute Gasteiger partial charge is 0.361 e. The zero-order valence-corrected chi connectivity index (χ0v) is 15.1. The lowest BCUT2D eigenvalue weighted by Crippen LogP contribution is -2.24. The molecular weight excluding hydrogens is 292 g/mol. The Morgan fingerprint density at radius 3 is 2.92 bits per heavy atom. The second-order valence-corrected chi connectivity index (χ2v) is 7.47. The van der Waals surface area contributed by atoms with Crippen molar-refractivity contribution in [3.63, 3.8) is 0 Å². The van der Waals surface area contributed by atoms with Gasteiger partial charge in [-0.25, -0.2) is 0 Å². The van der Waals surface area contributed by atoms with E-state index in [-0.39, 0.29) is 0 Å². The van der Waals surface area contributed by atoms with Crippen LogP contribution in [0.15, 0.2) is 29.3 Å². The van der Waals surface area contributed by atoms with Crippen LogP contribution in [0.25, 0.3) is 12.2 Å². The second-order valence-electron chi connectivity index (χ2n) is 7.47. The topological polar surface area (TPSA) is 27.8 Å². The normalized spacial score (nSPS) is 20.6. The van der Waals surface area contributed by atoms with Crippen molar-refractivity contribution in [3.05, 3.63) is 46.1 Å². The minimum Gasteiger partial charge on any atom is -0.361 e. The quantitative estimate of drug-likeness (QED) is 0.550. The lowest BCUT2D eigenvalue weighted by atomic mass is 9.86. The highest BCUT2D eigenvalue weighted by Crippen LogP contribution is 2.35. The van der Waals surface area contributed by atoms with Gasteiger partial charge in [-0.3, -0.25) is 0 Å². The third-order valence-corrected chi connectivity index (χ3v) is 5.31. The highest BCUT2D eigenvalue weighted by molar-refractivity contribution is 5.66. The maximum absolute atomic E-state index is 3.52. The van der Waals surface area contributed by atoms with E-state index < -0.39 is 0 Å². The molecule has 3 rings (SSSR count). The van der Waals surface area contributed by atoms with Gasteiger partial charge in [0.1, 0.15) is 0 Å². The first-order chi connectivity index (χ1) is 11.7. The number of nitrogens with one attached hydrogen (secondary N) is 2. The zero-order valence-electron chi connectivity index (χ0n) is 15.1. The molecule has 1 aromatic heterocycles. The van der Waals surface area contributed by atoms with Gasteiger partial charge in [-0.15, -0.1) is 0 Å². The molecule has 2 heteroatoms. The fourth-order valence-electron chi connectivity index (χ4n) is 4.13. The van der Waals surface area contributed by atoms with E-state index in [1.807, 2.05) is 6.08 Å². The van der Waals surface area contributed by atoms with Crippen molar-refractivity contribution in [3.8, 4) is 0 Å². The van der Waals surface area contributed by atoms with Gasteiger partial charge in [0.2, 0.25) is 0 Å². The van der Waals surface area contributed by atoms with E-state index >= 15 is 0 Å². The van der Waals surface area contributed by atoms with Crippen molar-refractivity contribution in [2.45, 2.75) is 58.3 Å². The van der Waals surface area contributed by atoms with Crippen LogP contribution in [0.2, 0.25) is 0 Å². The summed E-state index contributed by atoms with van der Waals surface area (Å²) < 4.78 is 0. The molecule has 2 nitrogen and oxygen atoms in total. The van der Waals surface area contributed by atoms with E-state index in [0.29, 0.717) is 5.92 Å². The second kappa shape index (κ2) is 8.40. The summed E-state index contributed by atoms with van der Waals surface area (Å²) in [4.78, 5) is 3.39. The Labute approximate surface area is 146 Å². The maximum Gasteiger partial charge on any atom is 0.0421 e. The molecule has 24 heavy (non-hydrogen) atoms. The number of hydrogen-bond acceptors (Lipinski definition) is 1. The lowest BCUT2D eigenvalue weighted by Gasteiger charge is -2.21. The fourth-order valence-corrected chi connectivity index (χ4v) is 4.13. The molecular formula is C22H30N2. The molecule has 0 radical (unpaired) electrons. The Morgan fingerprint density at radius 1 is 1.25 bits per heavy atom. The Morgan fingerprint density at radius 2 is 2.08 bits per heavy atom. The van der Waals surface area contributed by atoms with E-state index in [9.17, 15) is 0 Å². The van der Waals surface area contributed by atoms with Gasteiger partial charge >= 0.3 is 0 Å². The van der Waals surface area contributed by atoms with Gasteiger partial charge in [0.25, 0.3) is 0 Å². The van der Waals surface area contributed by atoms with Crippen molar-refractivity contribution in [1.29, 1.82) is 0 Å². The first kappa shape index (κ1) is 17.1. The van der Waals surface area contributed by atoms with Crippen molar-refractivity contribution in [2.24, 2.45) is 5.92 Å². The summed E-state index contributed by atoms with van der Waals surface area (Å²) in [5.41, 5.74) is 11.7. The molecule has 128 valence electrons. The summed E-state index contributed by atoms with van der Waals surface area (Å²) in [5.74, 6) is 1.46. The Hall–Kier alpha value is -1.72. The molecule has 1 saturated carbocycles. The van der Waals surface area contributed by atoms with Crippen LogP contribution in [0, 0.1) is 5.92 Å². The van der Waals surface area contributed by atoms with Gasteiger partial charge in [-0.05, 0) is 68.4 Å². The molecule has 0 bridgehead atoms. The van der Waals surface area contributed by atoms with Crippen LogP contribution in [0.4, 0.5) is 0 Å². The highest BCUT2D eigenvalue weighted by atomic mass is 14.8. The predicted octanol–water partition coefficient (Wildman–Crippen LogP) is 5.42. The molecule has 0 aliphatic heterocycles. The summed E-state index contributed by atoms with van der Waals surface area (Å²) in [5, 5.41) is 3.52. The first-order valence-electron chi connectivity index (χ1n) is 9.49. The van der Waals surface area contributed by atoms with Crippen LogP contribution in [-0.4, -0.2) is 18.1 Å². The molecule has 2 aliphatic carbocycles. The van der Waals surface area contributed by atoms with E-state index in [0.717, 1.165) is 25.4 Å². The van der Waals surface area contributed by atoms with Crippen molar-refractivity contribution >= 4 is 12.2 Å². The Balaban J connectivity index is 1.53. The third-order valence-electron chi connectivity index (χ3n) is 5.31. The highest BCUT2D eigenvalue weighted by Gasteiger charge is 2.19. The van der Waals surface area contributed by atoms with E-state index in [4.69, 9.17) is 0 Å². The standard InChI is InChI=1S/C22H30N2/c1-17-13-18(2)22-20(16-24-21(22)14-17)11-7-4-8-12-23-15-19-9-5-3-6-10-19/h8,11,14,16,18-19,23-24H,3,5-6,9-10,12-13,15H2,1-2H3. The van der Waals surface area contributed by atoms with Gasteiger partial charge in [0.15, 0.2) is 0 Å². The smallest absolute Gasteiger partial charge is 0.0421 e. The summed E-state index contributed by atoms with van der Waals surface area (Å²) >= 11 is 0. The third kappa shape index (κ3) is 4.42. The molecule has 1 atom stereocenters. The van der Waals surface area contributed by atoms with Crippen molar-refractivity contribution in [1.82, 2.24) is 10.3 Å². The SMILES string of the molecule is CC1=Cc2[nH]cc(C=C=C=CCNCC3CCCCC3)c2C(C)C1. The molecule has 1 fully saturated rings. The van der Waals surface area contributed by atoms with Gasteiger partial charge in [0, 0.05) is 24.0 Å². The summed E-state index contributed by atoms with van der Waals surface area (Å²) in [6.07, 6.45) is 16.7. The number of aromatic nitrogens is 1. The average molecular weight is 322 g/mol. The summed E-state index contributed by atoms with van der Waals surface area (Å²) in [7, 11) is 0. The minimum atomic E-state index is 0.574. The van der Waals surface area contributed by atoms with E-state index in [1.165, 1.54) is 54.5 Å². The number of fused-ring (bicyclic) bond motifs is 1. The lowest BCUT2D eigenvalue weighted by molar-refractivity contribution is 0.347. The van der Waals surface area contributed by atoms with Crippen LogP contribution < -0.4 is 5.32 Å². The number of H-pyrrole nitrogens is 1. The van der Waals surface area contributed by atoms with Crippen LogP contribution in [0.3, 0.4) is 0 Å². The molecule has 1 unspecified atom stereocenters. The van der Waals surface area contributed by atoms with E-state index in [2.05, 4.69) is 54.0 Å². The molecule has 0 aromatic carbocycles. The minimum absolute atomic E-state index is 0.574. The monoisotopic (exact) mass is 322 g/mol. The molecule has 0 spiro atoms. The van der Waals surface area contributed by atoms with Crippen LogP contribution >= 0.6 is 0 Å². The van der Waals surface area contributed by atoms with Gasteiger partial charge in [-0.2, -0.15) is 0 Å². The number of rotatable bonds is 5. The number of aromatic amines is 1. The predicted molar refractivity (Wildman–Crippen MR) is 103 cm³/mol. The van der Waals surface area contributed by atoms with Gasteiger partial charge in [-0.1, -0.05) is 43.2 Å². The van der Waals surface area contributed by atoms with Crippen LogP contribution in [-0.2, 0) is 0 Å². The summed E-state index contributed by atoms with van der Waals surface area (Å²) in [6, 6.07) is 0. The average Bonchev–Trinajstić information content (AvgIpc) is 2.98. The Kier molecular flexibility index (Phi) is 5.99. The van der Waals surface area contributed by atoms with Gasteiger partial charge in [0.05, 0.1) is 0 Å². The molecule has 2 aliphatic rings. The summed E-state index contributed by atoms with van der Waals surface area (Å²) in [6.45, 7) is 6.55.